The molecule has 7 heavy (non-hydrogen) atoms. The minimum atomic E-state index is 0. The summed E-state index contributed by atoms with van der Waals surface area (Å²) in [7, 11) is 0. The highest BCUT2D eigenvalue weighted by atomic mass is 35.5. The van der Waals surface area contributed by atoms with E-state index in [0.717, 1.165) is 13.1 Å². The third-order valence-corrected chi connectivity index (χ3v) is 1.03. The molecule has 1 nitrogen and oxygen atoms in total. The first-order chi connectivity index (χ1) is 2.89. The summed E-state index contributed by atoms with van der Waals surface area (Å²) < 4.78 is 0. The van der Waals surface area contributed by atoms with Gasteiger partial charge in [0.05, 0.1) is 0 Å². The predicted octanol–water partition coefficient (Wildman–Crippen LogP) is 0.958. The van der Waals surface area contributed by atoms with Crippen molar-refractivity contribution < 1.29 is 0 Å². The lowest BCUT2D eigenvalue weighted by atomic mass is 10.3. The normalized spacial score (nSPS) is 19.1. The van der Waals surface area contributed by atoms with Crippen LogP contribution in [0.5, 0.6) is 0 Å². The molecule has 1 N–H and O–H groups in total. The Morgan fingerprint density at radius 1 is 1.57 bits per heavy atom. The maximum atomic E-state index is 3.79. The first-order valence-corrected chi connectivity index (χ1v) is 2.27. The predicted molar refractivity (Wildman–Crippen MR) is 33.9 cm³/mol. The van der Waals surface area contributed by atoms with Gasteiger partial charge in [0.1, 0.15) is 0 Å². The lowest BCUT2D eigenvalue weighted by Crippen LogP contribution is -2.04. The van der Waals surface area contributed by atoms with Gasteiger partial charge in [-0.3, -0.25) is 0 Å². The Bertz CT molecular complexity index is 62.5. The van der Waals surface area contributed by atoms with Crippen LogP contribution in [0.15, 0.2) is 12.2 Å². The maximum absolute atomic E-state index is 3.79. The topological polar surface area (TPSA) is 12.0 Å². The second-order valence-corrected chi connectivity index (χ2v) is 1.68. The summed E-state index contributed by atoms with van der Waals surface area (Å²) in [5.41, 5.74) is 1.34. The van der Waals surface area contributed by atoms with Gasteiger partial charge in [-0.25, -0.2) is 0 Å². The quantitative estimate of drug-likeness (QED) is 0.469. The highest BCUT2D eigenvalue weighted by Crippen LogP contribution is 1.99. The second kappa shape index (κ2) is 3.05. The van der Waals surface area contributed by atoms with Crippen LogP contribution in [-0.2, 0) is 0 Å². The molecule has 0 radical (unpaired) electrons. The van der Waals surface area contributed by atoms with Crippen molar-refractivity contribution in [2.45, 2.75) is 6.42 Å². The molecule has 1 aliphatic heterocycles. The first-order valence-electron chi connectivity index (χ1n) is 2.27. The SMILES string of the molecule is C=C1CCNC1.Cl. The van der Waals surface area contributed by atoms with Crippen molar-refractivity contribution in [3.8, 4) is 0 Å². The summed E-state index contributed by atoms with van der Waals surface area (Å²) in [6, 6.07) is 0. The zero-order valence-corrected chi connectivity index (χ0v) is 5.05. The molecule has 1 fully saturated rings. The molecule has 0 spiro atoms. The van der Waals surface area contributed by atoms with E-state index in [2.05, 4.69) is 11.9 Å². The average Bonchev–Trinajstić information content (AvgIpc) is 1.86. The molecule has 0 unspecified atom stereocenters. The summed E-state index contributed by atoms with van der Waals surface area (Å²) in [5.74, 6) is 0. The Labute approximate surface area is 50.2 Å². The van der Waals surface area contributed by atoms with Gasteiger partial charge in [0.2, 0.25) is 0 Å². The van der Waals surface area contributed by atoms with Crippen molar-refractivity contribution >= 4 is 12.4 Å². The monoisotopic (exact) mass is 119 g/mol. The van der Waals surface area contributed by atoms with Crippen LogP contribution in [0.25, 0.3) is 0 Å². The molecule has 1 saturated heterocycles. The van der Waals surface area contributed by atoms with Crippen LogP contribution < -0.4 is 5.32 Å². The highest BCUT2D eigenvalue weighted by molar-refractivity contribution is 5.85. The van der Waals surface area contributed by atoms with Crippen molar-refractivity contribution in [2.24, 2.45) is 0 Å². The summed E-state index contributed by atoms with van der Waals surface area (Å²) in [6.07, 6.45) is 1.18. The third-order valence-electron chi connectivity index (χ3n) is 1.03. The molecule has 0 saturated carbocycles. The Balaban J connectivity index is 0.000000360. The Morgan fingerprint density at radius 2 is 2.29 bits per heavy atom. The van der Waals surface area contributed by atoms with E-state index < -0.39 is 0 Å². The van der Waals surface area contributed by atoms with Crippen molar-refractivity contribution in [3.05, 3.63) is 12.2 Å². The zero-order chi connectivity index (χ0) is 4.41. The van der Waals surface area contributed by atoms with Gasteiger partial charge in [0.25, 0.3) is 0 Å². The molecule has 1 rings (SSSR count). The fourth-order valence-electron chi connectivity index (χ4n) is 0.619. The Kier molecular flexibility index (Phi) is 3.05. The minimum absolute atomic E-state index is 0. The molecule has 0 aromatic rings. The van der Waals surface area contributed by atoms with Gasteiger partial charge in [-0.15, -0.1) is 12.4 Å². The molecule has 0 amide bonds. The van der Waals surface area contributed by atoms with Crippen LogP contribution >= 0.6 is 12.4 Å². The smallest absolute Gasteiger partial charge is 0.0162 e. The molecule has 0 bridgehead atoms. The minimum Gasteiger partial charge on any atom is -0.313 e. The number of hydrogen-bond donors (Lipinski definition) is 1. The van der Waals surface area contributed by atoms with Crippen molar-refractivity contribution in [1.29, 1.82) is 0 Å². The van der Waals surface area contributed by atoms with Gasteiger partial charge in [0.15, 0.2) is 0 Å². The molecular weight excluding hydrogens is 110 g/mol. The molecule has 42 valence electrons. The lowest BCUT2D eigenvalue weighted by Gasteiger charge is -1.80. The van der Waals surface area contributed by atoms with Gasteiger partial charge >= 0.3 is 0 Å². The molecule has 2 heteroatoms. The van der Waals surface area contributed by atoms with E-state index in [1.54, 1.807) is 0 Å². The molecule has 0 aromatic heterocycles. The molecule has 0 atom stereocenters. The fourth-order valence-corrected chi connectivity index (χ4v) is 0.619. The highest BCUT2D eigenvalue weighted by Gasteiger charge is 1.99. The molecular formula is C5H10ClN. The summed E-state index contributed by atoms with van der Waals surface area (Å²) in [5, 5.41) is 3.17. The molecule has 1 heterocycles. The largest absolute Gasteiger partial charge is 0.313 e. The number of rotatable bonds is 0. The van der Waals surface area contributed by atoms with E-state index >= 15 is 0 Å². The third kappa shape index (κ3) is 1.95. The van der Waals surface area contributed by atoms with Gasteiger partial charge in [-0.1, -0.05) is 12.2 Å². The van der Waals surface area contributed by atoms with Crippen molar-refractivity contribution in [3.63, 3.8) is 0 Å². The van der Waals surface area contributed by atoms with Gasteiger partial charge < -0.3 is 5.32 Å². The number of halogens is 1. The van der Waals surface area contributed by atoms with Crippen LogP contribution in [0, 0.1) is 0 Å². The number of hydrogen-bond acceptors (Lipinski definition) is 1. The molecule has 0 aromatic carbocycles. The zero-order valence-electron chi connectivity index (χ0n) is 4.24. The summed E-state index contributed by atoms with van der Waals surface area (Å²) in [6.45, 7) is 5.97. The van der Waals surface area contributed by atoms with Crippen LogP contribution in [0.1, 0.15) is 6.42 Å². The molecule has 1 aliphatic rings. The van der Waals surface area contributed by atoms with E-state index in [1.165, 1.54) is 12.0 Å². The van der Waals surface area contributed by atoms with Crippen molar-refractivity contribution in [2.75, 3.05) is 13.1 Å². The number of nitrogens with one attached hydrogen (secondary N) is 1. The van der Waals surface area contributed by atoms with Gasteiger partial charge in [-0.05, 0) is 13.0 Å². The van der Waals surface area contributed by atoms with Gasteiger partial charge in [-0.2, -0.15) is 0 Å². The fraction of sp³-hybridized carbons (Fsp3) is 0.600. The standard InChI is InChI=1S/C5H9N.ClH/c1-5-2-3-6-4-5;/h6H,1-4H2;1H. The van der Waals surface area contributed by atoms with E-state index in [9.17, 15) is 0 Å². The maximum Gasteiger partial charge on any atom is 0.0162 e. The Hall–Kier alpha value is -0.0100. The van der Waals surface area contributed by atoms with Crippen LogP contribution in [0.4, 0.5) is 0 Å². The van der Waals surface area contributed by atoms with E-state index in [4.69, 9.17) is 0 Å². The Morgan fingerprint density at radius 3 is 2.43 bits per heavy atom. The summed E-state index contributed by atoms with van der Waals surface area (Å²) in [4.78, 5) is 0. The van der Waals surface area contributed by atoms with Gasteiger partial charge in [0, 0.05) is 6.54 Å². The van der Waals surface area contributed by atoms with Crippen LogP contribution in [0.2, 0.25) is 0 Å². The van der Waals surface area contributed by atoms with E-state index in [0.29, 0.717) is 0 Å². The van der Waals surface area contributed by atoms with E-state index in [-0.39, 0.29) is 12.4 Å². The van der Waals surface area contributed by atoms with E-state index in [1.807, 2.05) is 0 Å². The van der Waals surface area contributed by atoms with Crippen molar-refractivity contribution in [1.82, 2.24) is 5.32 Å². The first kappa shape index (κ1) is 6.99. The summed E-state index contributed by atoms with van der Waals surface area (Å²) >= 11 is 0. The second-order valence-electron chi connectivity index (χ2n) is 1.68. The van der Waals surface area contributed by atoms with Crippen LogP contribution in [0.3, 0.4) is 0 Å². The lowest BCUT2D eigenvalue weighted by molar-refractivity contribution is 0.862. The van der Waals surface area contributed by atoms with Crippen LogP contribution in [-0.4, -0.2) is 13.1 Å². The molecule has 0 aliphatic carbocycles. The average molecular weight is 120 g/mol.